The molecule has 0 aromatic heterocycles. The largest absolute Gasteiger partial charge is 0.465 e. The number of esters is 1. The normalized spacial score (nSPS) is 17.2. The lowest BCUT2D eigenvalue weighted by atomic mass is 9.98. The third-order valence-electron chi connectivity index (χ3n) is 4.03. The monoisotopic (exact) mass is 360 g/mol. The average molecular weight is 361 g/mol. The molecule has 1 aliphatic heterocycles. The molecule has 1 aromatic rings. The molecule has 1 aromatic carbocycles. The Morgan fingerprint density at radius 1 is 1.39 bits per heavy atom. The molecule has 0 aliphatic carbocycles. The molecular formula is C15H21ClN2O4S. The molecule has 128 valence electrons. The van der Waals surface area contributed by atoms with Crippen LogP contribution in [0.5, 0.6) is 0 Å². The zero-order valence-electron chi connectivity index (χ0n) is 13.2. The van der Waals surface area contributed by atoms with Gasteiger partial charge in [0.05, 0.1) is 17.6 Å². The number of ether oxygens (including phenoxy) is 1. The molecular weight excluding hydrogens is 340 g/mol. The second-order valence-electron chi connectivity index (χ2n) is 5.54. The first-order valence-electron chi connectivity index (χ1n) is 7.42. The first-order chi connectivity index (χ1) is 10.9. The van der Waals surface area contributed by atoms with E-state index in [1.807, 2.05) is 7.05 Å². The van der Waals surface area contributed by atoms with Crippen molar-refractivity contribution in [2.45, 2.75) is 17.7 Å². The molecule has 1 N–H and O–H groups in total. The number of nitrogens with zero attached hydrogens (tertiary/aromatic N) is 1. The molecule has 0 amide bonds. The van der Waals surface area contributed by atoms with E-state index in [1.54, 1.807) is 0 Å². The number of nitrogens with one attached hydrogen (secondary N) is 1. The van der Waals surface area contributed by atoms with Gasteiger partial charge in [0.25, 0.3) is 0 Å². The summed E-state index contributed by atoms with van der Waals surface area (Å²) < 4.78 is 31.8. The molecule has 0 spiro atoms. The lowest BCUT2D eigenvalue weighted by Crippen LogP contribution is -2.40. The summed E-state index contributed by atoms with van der Waals surface area (Å²) in [4.78, 5) is 11.8. The van der Waals surface area contributed by atoms with E-state index in [4.69, 9.17) is 11.6 Å². The van der Waals surface area contributed by atoms with Crippen molar-refractivity contribution in [1.29, 1.82) is 0 Å². The van der Waals surface area contributed by atoms with Crippen molar-refractivity contribution < 1.29 is 17.9 Å². The molecule has 0 atom stereocenters. The highest BCUT2D eigenvalue weighted by Gasteiger charge is 2.32. The summed E-state index contributed by atoms with van der Waals surface area (Å²) in [5.74, 6) is -0.243. The maximum atomic E-state index is 12.9. The minimum atomic E-state index is -3.75. The number of sulfonamides is 1. The number of carbonyl (C=O) groups is 1. The Hall–Kier alpha value is -1.15. The van der Waals surface area contributed by atoms with Gasteiger partial charge in [0.2, 0.25) is 10.0 Å². The van der Waals surface area contributed by atoms with Gasteiger partial charge in [-0.25, -0.2) is 13.2 Å². The van der Waals surface area contributed by atoms with Gasteiger partial charge in [0.15, 0.2) is 0 Å². The highest BCUT2D eigenvalue weighted by Crippen LogP contribution is 2.27. The van der Waals surface area contributed by atoms with Crippen LogP contribution in [0.2, 0.25) is 5.02 Å². The maximum Gasteiger partial charge on any atom is 0.339 e. The van der Waals surface area contributed by atoms with Crippen molar-refractivity contribution in [1.82, 2.24) is 9.62 Å². The molecule has 1 heterocycles. The molecule has 1 fully saturated rings. The topological polar surface area (TPSA) is 75.7 Å². The number of hydrogen-bond donors (Lipinski definition) is 1. The lowest BCUT2D eigenvalue weighted by Gasteiger charge is -2.31. The fourth-order valence-electron chi connectivity index (χ4n) is 2.78. The predicted molar refractivity (Wildman–Crippen MR) is 88.2 cm³/mol. The van der Waals surface area contributed by atoms with Crippen LogP contribution in [-0.2, 0) is 14.8 Å². The summed E-state index contributed by atoms with van der Waals surface area (Å²) in [5, 5.41) is 3.41. The van der Waals surface area contributed by atoms with Gasteiger partial charge in [-0.3, -0.25) is 0 Å². The molecule has 6 nitrogen and oxygen atoms in total. The third-order valence-corrected chi connectivity index (χ3v) is 6.22. The zero-order valence-corrected chi connectivity index (χ0v) is 14.8. The Balaban J connectivity index is 2.29. The standard InChI is InChI=1S/C15H21ClN2O4S/c1-17-10-11-5-7-18(8-6-11)23(20,21)14-4-3-12(16)9-13(14)15(19)22-2/h3-4,9,11,17H,5-8,10H2,1-2H3. The van der Waals surface area contributed by atoms with Crippen LogP contribution in [0.1, 0.15) is 23.2 Å². The molecule has 0 radical (unpaired) electrons. The van der Waals surface area contributed by atoms with Crippen LogP contribution in [-0.4, -0.2) is 52.5 Å². The van der Waals surface area contributed by atoms with Crippen molar-refractivity contribution in [2.75, 3.05) is 33.8 Å². The fraction of sp³-hybridized carbons (Fsp3) is 0.533. The Labute approximate surface area is 141 Å². The number of benzene rings is 1. The number of halogens is 1. The van der Waals surface area contributed by atoms with Gasteiger partial charge in [0.1, 0.15) is 0 Å². The minimum absolute atomic E-state index is 0.0302. The summed E-state index contributed by atoms with van der Waals surface area (Å²) >= 11 is 5.88. The number of rotatable bonds is 5. The minimum Gasteiger partial charge on any atom is -0.465 e. The van der Waals surface area contributed by atoms with E-state index < -0.39 is 16.0 Å². The predicted octanol–water partition coefficient (Wildman–Crippen LogP) is 1.75. The van der Waals surface area contributed by atoms with Gasteiger partial charge < -0.3 is 10.1 Å². The molecule has 0 unspecified atom stereocenters. The molecule has 23 heavy (non-hydrogen) atoms. The van der Waals surface area contributed by atoms with Gasteiger partial charge in [-0.2, -0.15) is 4.31 Å². The lowest BCUT2D eigenvalue weighted by molar-refractivity contribution is 0.0596. The first kappa shape index (κ1) is 18.2. The van der Waals surface area contributed by atoms with E-state index in [1.165, 1.54) is 29.6 Å². The molecule has 1 aliphatic rings. The zero-order chi connectivity index (χ0) is 17.0. The Morgan fingerprint density at radius 3 is 2.61 bits per heavy atom. The van der Waals surface area contributed by atoms with Gasteiger partial charge in [0, 0.05) is 18.1 Å². The van der Waals surface area contributed by atoms with E-state index in [0.717, 1.165) is 19.4 Å². The number of carbonyl (C=O) groups excluding carboxylic acids is 1. The van der Waals surface area contributed by atoms with Gasteiger partial charge >= 0.3 is 5.97 Å². The molecule has 1 saturated heterocycles. The van der Waals surface area contributed by atoms with Crippen molar-refractivity contribution in [3.05, 3.63) is 28.8 Å². The second kappa shape index (κ2) is 7.61. The highest BCUT2D eigenvalue weighted by molar-refractivity contribution is 7.89. The van der Waals surface area contributed by atoms with Gasteiger partial charge in [-0.1, -0.05) is 11.6 Å². The fourth-order valence-corrected chi connectivity index (χ4v) is 4.58. The smallest absolute Gasteiger partial charge is 0.339 e. The highest BCUT2D eigenvalue weighted by atomic mass is 35.5. The molecule has 8 heteroatoms. The molecule has 0 saturated carbocycles. The van der Waals surface area contributed by atoms with E-state index in [2.05, 4.69) is 10.1 Å². The van der Waals surface area contributed by atoms with Gasteiger partial charge in [-0.05, 0) is 50.6 Å². The third kappa shape index (κ3) is 4.03. The maximum absolute atomic E-state index is 12.9. The van der Waals surface area contributed by atoms with Crippen molar-refractivity contribution >= 4 is 27.6 Å². The summed E-state index contributed by atoms with van der Waals surface area (Å²) in [6.45, 7) is 1.76. The SMILES string of the molecule is CNCC1CCN(S(=O)(=O)c2ccc(Cl)cc2C(=O)OC)CC1. The van der Waals surface area contributed by atoms with Crippen LogP contribution < -0.4 is 5.32 Å². The van der Waals surface area contributed by atoms with Crippen molar-refractivity contribution in [3.8, 4) is 0 Å². The van der Waals surface area contributed by atoms with Crippen LogP contribution in [0.25, 0.3) is 0 Å². The van der Waals surface area contributed by atoms with Crippen LogP contribution in [0.4, 0.5) is 0 Å². The van der Waals surface area contributed by atoms with Crippen molar-refractivity contribution in [3.63, 3.8) is 0 Å². The Morgan fingerprint density at radius 2 is 2.04 bits per heavy atom. The van der Waals surface area contributed by atoms with E-state index in [9.17, 15) is 13.2 Å². The molecule has 0 bridgehead atoms. The van der Waals surface area contributed by atoms with E-state index >= 15 is 0 Å². The van der Waals surface area contributed by atoms with Gasteiger partial charge in [-0.15, -0.1) is 0 Å². The summed E-state index contributed by atoms with van der Waals surface area (Å²) in [7, 11) is -0.650. The number of piperidine rings is 1. The first-order valence-corrected chi connectivity index (χ1v) is 9.24. The average Bonchev–Trinajstić information content (AvgIpc) is 2.54. The van der Waals surface area contributed by atoms with E-state index in [-0.39, 0.29) is 15.5 Å². The van der Waals surface area contributed by atoms with E-state index in [0.29, 0.717) is 19.0 Å². The Bertz CT molecular complexity index is 670. The van der Waals surface area contributed by atoms with Crippen LogP contribution >= 0.6 is 11.6 Å². The number of hydrogen-bond acceptors (Lipinski definition) is 5. The quantitative estimate of drug-likeness (QED) is 0.809. The van der Waals surface area contributed by atoms with Crippen LogP contribution in [0.15, 0.2) is 23.1 Å². The second-order valence-corrected chi connectivity index (χ2v) is 7.88. The number of methoxy groups -OCH3 is 1. The summed E-state index contributed by atoms with van der Waals surface area (Å²) in [5.41, 5.74) is -0.0302. The van der Waals surface area contributed by atoms with Crippen LogP contribution in [0.3, 0.4) is 0 Å². The van der Waals surface area contributed by atoms with Crippen LogP contribution in [0, 0.1) is 5.92 Å². The van der Waals surface area contributed by atoms with Crippen molar-refractivity contribution in [2.24, 2.45) is 5.92 Å². The summed E-state index contributed by atoms with van der Waals surface area (Å²) in [6.07, 6.45) is 1.59. The molecule has 2 rings (SSSR count). The summed E-state index contributed by atoms with van der Waals surface area (Å²) in [6, 6.07) is 4.16. The Kier molecular flexibility index (Phi) is 6.02.